The summed E-state index contributed by atoms with van der Waals surface area (Å²) in [4.78, 5) is 23.9. The number of hydrogen-bond donors (Lipinski definition) is 1. The molecule has 1 N–H and O–H groups in total. The van der Waals surface area contributed by atoms with E-state index in [1.54, 1.807) is 0 Å². The Morgan fingerprint density at radius 2 is 0.861 bits per heavy atom. The predicted molar refractivity (Wildman–Crippen MR) is 150 cm³/mol. The van der Waals surface area contributed by atoms with E-state index < -0.39 is 6.10 Å². The van der Waals surface area contributed by atoms with Crippen molar-refractivity contribution in [3.8, 4) is 0 Å². The predicted octanol–water partition coefficient (Wildman–Crippen LogP) is 8.84. The van der Waals surface area contributed by atoms with Crippen LogP contribution in [0.3, 0.4) is 0 Å². The average molecular weight is 513 g/mol. The molecule has 5 nitrogen and oxygen atoms in total. The number of hydrogen-bond acceptors (Lipinski definition) is 5. The number of aliphatic hydroxyl groups excluding tert-OH is 1. The second-order valence-corrected chi connectivity index (χ2v) is 10.5. The van der Waals surface area contributed by atoms with E-state index in [9.17, 15) is 14.7 Å². The molecule has 0 heterocycles. The Balaban J connectivity index is 3.54. The quantitative estimate of drug-likeness (QED) is 0.0837. The van der Waals surface area contributed by atoms with Crippen LogP contribution >= 0.6 is 0 Å². The van der Waals surface area contributed by atoms with Gasteiger partial charge in [0, 0.05) is 12.8 Å². The maximum absolute atomic E-state index is 12.0. The third-order valence-corrected chi connectivity index (χ3v) is 6.90. The van der Waals surface area contributed by atoms with Crippen LogP contribution in [0.25, 0.3) is 0 Å². The molecule has 214 valence electrons. The molecule has 1 unspecified atom stereocenters. The fourth-order valence-corrected chi connectivity index (χ4v) is 4.49. The summed E-state index contributed by atoms with van der Waals surface area (Å²) in [5.41, 5.74) is 0. The van der Waals surface area contributed by atoms with E-state index in [1.165, 1.54) is 103 Å². The Labute approximate surface area is 223 Å². The molecule has 0 amide bonds. The Kier molecular flexibility index (Phi) is 27.6. The summed E-state index contributed by atoms with van der Waals surface area (Å²) in [5.74, 6) is -0.588. The number of rotatable bonds is 28. The smallest absolute Gasteiger partial charge is 0.306 e. The molecule has 0 radical (unpaired) electrons. The minimum absolute atomic E-state index is 0.0587. The normalized spacial score (nSPS) is 12.0. The van der Waals surface area contributed by atoms with Gasteiger partial charge in [-0.05, 0) is 12.8 Å². The van der Waals surface area contributed by atoms with Crippen molar-refractivity contribution in [1.82, 2.24) is 0 Å². The second-order valence-electron chi connectivity index (χ2n) is 10.5. The largest absolute Gasteiger partial charge is 0.462 e. The van der Waals surface area contributed by atoms with Gasteiger partial charge in [-0.1, -0.05) is 142 Å². The molecule has 0 saturated heterocycles. The Bertz CT molecular complexity index is 480. The van der Waals surface area contributed by atoms with E-state index in [1.807, 2.05) is 0 Å². The highest BCUT2D eigenvalue weighted by Crippen LogP contribution is 2.14. The number of carbonyl (C=O) groups is 2. The van der Waals surface area contributed by atoms with Crippen molar-refractivity contribution in [3.05, 3.63) is 0 Å². The topological polar surface area (TPSA) is 72.8 Å². The van der Waals surface area contributed by atoms with Crippen molar-refractivity contribution in [2.45, 2.75) is 174 Å². The molecule has 5 heteroatoms. The lowest BCUT2D eigenvalue weighted by Gasteiger charge is -2.15. The van der Waals surface area contributed by atoms with Crippen LogP contribution in [-0.2, 0) is 19.1 Å². The molecule has 0 bridgehead atoms. The van der Waals surface area contributed by atoms with E-state index in [-0.39, 0.29) is 25.2 Å². The van der Waals surface area contributed by atoms with Crippen LogP contribution in [0.5, 0.6) is 0 Å². The molecule has 0 spiro atoms. The molecule has 0 aliphatic heterocycles. The zero-order valence-electron chi connectivity index (χ0n) is 24.0. The van der Waals surface area contributed by atoms with Crippen molar-refractivity contribution in [1.29, 1.82) is 0 Å². The molecule has 0 saturated carbocycles. The van der Waals surface area contributed by atoms with Crippen LogP contribution in [0.15, 0.2) is 0 Å². The van der Waals surface area contributed by atoms with E-state index in [0.717, 1.165) is 38.5 Å². The van der Waals surface area contributed by atoms with E-state index in [4.69, 9.17) is 9.47 Å². The van der Waals surface area contributed by atoms with Crippen LogP contribution in [0, 0.1) is 0 Å². The van der Waals surface area contributed by atoms with Gasteiger partial charge in [0.25, 0.3) is 0 Å². The summed E-state index contributed by atoms with van der Waals surface area (Å²) >= 11 is 0. The lowest BCUT2D eigenvalue weighted by Crippen LogP contribution is -2.28. The summed E-state index contributed by atoms with van der Waals surface area (Å²) in [6.07, 6.45) is 27.3. The van der Waals surface area contributed by atoms with Gasteiger partial charge in [0.05, 0.1) is 6.61 Å². The molecule has 0 aromatic carbocycles. The summed E-state index contributed by atoms with van der Waals surface area (Å²) < 4.78 is 10.5. The van der Waals surface area contributed by atoms with Gasteiger partial charge in [0.1, 0.15) is 6.61 Å². The molecule has 36 heavy (non-hydrogen) atoms. The van der Waals surface area contributed by atoms with Crippen molar-refractivity contribution >= 4 is 11.9 Å². The second kappa shape index (κ2) is 28.5. The first kappa shape index (κ1) is 34.9. The highest BCUT2D eigenvalue weighted by Gasteiger charge is 2.16. The first-order valence-corrected chi connectivity index (χ1v) is 15.6. The minimum atomic E-state index is -0.758. The molecule has 0 aromatic rings. The number of unbranched alkanes of at least 4 members (excludes halogenated alkanes) is 20. The van der Waals surface area contributed by atoms with Gasteiger partial charge >= 0.3 is 11.9 Å². The van der Waals surface area contributed by atoms with Crippen molar-refractivity contribution in [2.75, 3.05) is 13.2 Å². The van der Waals surface area contributed by atoms with Crippen LogP contribution in [-0.4, -0.2) is 36.4 Å². The van der Waals surface area contributed by atoms with E-state index >= 15 is 0 Å². The molecular formula is C31H60O5. The van der Waals surface area contributed by atoms with Gasteiger partial charge in [-0.3, -0.25) is 9.59 Å². The highest BCUT2D eigenvalue weighted by molar-refractivity contribution is 5.70. The van der Waals surface area contributed by atoms with Crippen molar-refractivity contribution in [2.24, 2.45) is 0 Å². The third kappa shape index (κ3) is 26.0. The van der Waals surface area contributed by atoms with Crippen molar-refractivity contribution in [3.63, 3.8) is 0 Å². The zero-order chi connectivity index (χ0) is 26.5. The first-order valence-electron chi connectivity index (χ1n) is 15.6. The Morgan fingerprint density at radius 3 is 1.22 bits per heavy atom. The summed E-state index contributed by atoms with van der Waals surface area (Å²) in [7, 11) is 0. The molecule has 1 atom stereocenters. The molecule has 0 aromatic heterocycles. The maximum atomic E-state index is 12.0. The van der Waals surface area contributed by atoms with Crippen LogP contribution in [0.2, 0.25) is 0 Å². The van der Waals surface area contributed by atoms with Crippen molar-refractivity contribution < 1.29 is 24.2 Å². The van der Waals surface area contributed by atoms with Gasteiger partial charge < -0.3 is 14.6 Å². The van der Waals surface area contributed by atoms with Gasteiger partial charge in [-0.2, -0.15) is 0 Å². The fourth-order valence-electron chi connectivity index (χ4n) is 4.49. The average Bonchev–Trinajstić information content (AvgIpc) is 2.88. The van der Waals surface area contributed by atoms with Crippen LogP contribution in [0.1, 0.15) is 168 Å². The third-order valence-electron chi connectivity index (χ3n) is 6.90. The standard InChI is InChI=1S/C31H60O5/c1-3-5-7-9-11-13-14-15-16-17-18-20-22-24-26-31(34)36-29(27-32)28-35-30(33)25-23-21-19-12-10-8-6-4-2/h29,32H,3-28H2,1-2H3. The highest BCUT2D eigenvalue weighted by atomic mass is 16.6. The number of aliphatic hydroxyl groups is 1. The zero-order valence-corrected chi connectivity index (χ0v) is 24.0. The molecular weight excluding hydrogens is 452 g/mol. The summed E-state index contributed by atoms with van der Waals surface area (Å²) in [6.45, 7) is 4.10. The first-order chi connectivity index (χ1) is 17.6. The van der Waals surface area contributed by atoms with Crippen LogP contribution < -0.4 is 0 Å². The SMILES string of the molecule is CCCCCCCCCCCCCCCCC(=O)OC(CO)COC(=O)CCCCCCCCCC. The summed E-state index contributed by atoms with van der Waals surface area (Å²) in [6, 6.07) is 0. The van der Waals surface area contributed by atoms with E-state index in [0.29, 0.717) is 12.8 Å². The molecule has 0 rings (SSSR count). The monoisotopic (exact) mass is 512 g/mol. The number of ether oxygens (including phenoxy) is 2. The maximum Gasteiger partial charge on any atom is 0.306 e. The van der Waals surface area contributed by atoms with E-state index in [2.05, 4.69) is 13.8 Å². The molecule has 0 aliphatic rings. The number of carbonyl (C=O) groups excluding carboxylic acids is 2. The lowest BCUT2D eigenvalue weighted by molar-refractivity contribution is -0.161. The summed E-state index contributed by atoms with van der Waals surface area (Å²) in [5, 5.41) is 9.45. The van der Waals surface area contributed by atoms with Gasteiger partial charge in [-0.25, -0.2) is 0 Å². The fraction of sp³-hybridized carbons (Fsp3) is 0.935. The van der Waals surface area contributed by atoms with Gasteiger partial charge in [-0.15, -0.1) is 0 Å². The molecule has 0 fully saturated rings. The Hall–Kier alpha value is -1.10. The lowest BCUT2D eigenvalue weighted by atomic mass is 10.0. The number of esters is 2. The minimum Gasteiger partial charge on any atom is -0.462 e. The molecule has 0 aliphatic carbocycles. The van der Waals surface area contributed by atoms with Gasteiger partial charge in [0.2, 0.25) is 0 Å². The van der Waals surface area contributed by atoms with Crippen LogP contribution in [0.4, 0.5) is 0 Å². The van der Waals surface area contributed by atoms with Gasteiger partial charge in [0.15, 0.2) is 6.10 Å². The Morgan fingerprint density at radius 1 is 0.528 bits per heavy atom.